The number of hydrogen-bond donors (Lipinski definition) is 1. The molecule has 1 N–H and O–H groups in total. The molecule has 100 valence electrons. The lowest BCUT2D eigenvalue weighted by Crippen LogP contribution is -2.12. The molecule has 1 unspecified atom stereocenters. The molecule has 0 aliphatic carbocycles. The van der Waals surface area contributed by atoms with Crippen molar-refractivity contribution in [1.29, 1.82) is 5.26 Å². The third kappa shape index (κ3) is 2.63. The first kappa shape index (κ1) is 13.6. The number of nitrogens with one attached hydrogen (secondary N) is 1. The second kappa shape index (κ2) is 4.70. The summed E-state index contributed by atoms with van der Waals surface area (Å²) in [4.78, 5) is 7.99. The van der Waals surface area contributed by atoms with Crippen LogP contribution in [0.25, 0.3) is 11.0 Å². The number of benzene rings is 1. The van der Waals surface area contributed by atoms with E-state index in [2.05, 4.69) is 56.7 Å². The Bertz CT molecular complexity index is 623. The van der Waals surface area contributed by atoms with E-state index in [-0.39, 0.29) is 11.3 Å². The van der Waals surface area contributed by atoms with Crippen LogP contribution in [0.3, 0.4) is 0 Å². The SMILES string of the molecule is CC(C)C(C#N)c1ccc2nc(C(C)(C)C)[nH]c2c1. The fourth-order valence-corrected chi connectivity index (χ4v) is 2.18. The summed E-state index contributed by atoms with van der Waals surface area (Å²) in [5, 5.41) is 9.28. The van der Waals surface area contributed by atoms with Gasteiger partial charge < -0.3 is 4.98 Å². The van der Waals surface area contributed by atoms with E-state index in [0.717, 1.165) is 22.4 Å². The van der Waals surface area contributed by atoms with Crippen LogP contribution in [0.1, 0.15) is 51.9 Å². The van der Waals surface area contributed by atoms with Crippen LogP contribution in [0.15, 0.2) is 18.2 Å². The highest BCUT2D eigenvalue weighted by Gasteiger charge is 2.20. The molecular weight excluding hydrogens is 234 g/mol. The molecule has 0 fully saturated rings. The second-order valence-electron chi connectivity index (χ2n) is 6.46. The van der Waals surface area contributed by atoms with E-state index in [4.69, 9.17) is 0 Å². The van der Waals surface area contributed by atoms with E-state index >= 15 is 0 Å². The normalized spacial score (nSPS) is 13.7. The molecular formula is C16H21N3. The fraction of sp³-hybridized carbons (Fsp3) is 0.500. The number of nitrogens with zero attached hydrogens (tertiary/aromatic N) is 2. The monoisotopic (exact) mass is 255 g/mol. The van der Waals surface area contributed by atoms with Gasteiger partial charge in [-0.1, -0.05) is 40.7 Å². The Kier molecular flexibility index (Phi) is 3.36. The minimum atomic E-state index is -0.0641. The van der Waals surface area contributed by atoms with E-state index in [9.17, 15) is 5.26 Å². The van der Waals surface area contributed by atoms with Crippen LogP contribution in [0.2, 0.25) is 0 Å². The molecule has 1 aromatic heterocycles. The van der Waals surface area contributed by atoms with Crippen molar-refractivity contribution in [3.8, 4) is 6.07 Å². The highest BCUT2D eigenvalue weighted by Crippen LogP contribution is 2.28. The van der Waals surface area contributed by atoms with Gasteiger partial charge in [0.2, 0.25) is 0 Å². The van der Waals surface area contributed by atoms with Gasteiger partial charge in [0.05, 0.1) is 23.0 Å². The lowest BCUT2D eigenvalue weighted by molar-refractivity contribution is 0.554. The summed E-state index contributed by atoms with van der Waals surface area (Å²) in [5.41, 5.74) is 3.05. The predicted molar refractivity (Wildman–Crippen MR) is 78.0 cm³/mol. The minimum absolute atomic E-state index is 0.00581. The molecule has 1 heterocycles. The van der Waals surface area contributed by atoms with E-state index in [1.165, 1.54) is 0 Å². The maximum absolute atomic E-state index is 9.28. The zero-order valence-corrected chi connectivity index (χ0v) is 12.3. The predicted octanol–water partition coefficient (Wildman–Crippen LogP) is 4.12. The zero-order chi connectivity index (χ0) is 14.2. The molecule has 0 spiro atoms. The molecule has 19 heavy (non-hydrogen) atoms. The van der Waals surface area contributed by atoms with Gasteiger partial charge in [-0.05, 0) is 23.6 Å². The van der Waals surface area contributed by atoms with Crippen molar-refractivity contribution in [1.82, 2.24) is 9.97 Å². The third-order valence-corrected chi connectivity index (χ3v) is 3.38. The number of aromatic amines is 1. The van der Waals surface area contributed by atoms with Crippen molar-refractivity contribution in [3.63, 3.8) is 0 Å². The van der Waals surface area contributed by atoms with Gasteiger partial charge >= 0.3 is 0 Å². The molecule has 2 aromatic rings. The summed E-state index contributed by atoms with van der Waals surface area (Å²) in [7, 11) is 0. The van der Waals surface area contributed by atoms with Crippen LogP contribution >= 0.6 is 0 Å². The summed E-state index contributed by atoms with van der Waals surface area (Å²) in [5.74, 6) is 1.23. The van der Waals surface area contributed by atoms with Crippen LogP contribution in [-0.2, 0) is 5.41 Å². The molecule has 2 rings (SSSR count). The first-order valence-electron chi connectivity index (χ1n) is 6.72. The number of aromatic nitrogens is 2. The molecule has 0 aliphatic rings. The molecule has 1 aromatic carbocycles. The molecule has 3 heteroatoms. The Morgan fingerprint density at radius 2 is 1.95 bits per heavy atom. The Hall–Kier alpha value is -1.82. The van der Waals surface area contributed by atoms with Crippen LogP contribution in [0.5, 0.6) is 0 Å². The maximum Gasteiger partial charge on any atom is 0.112 e. The first-order chi connectivity index (χ1) is 8.82. The number of rotatable bonds is 2. The van der Waals surface area contributed by atoms with Crippen LogP contribution < -0.4 is 0 Å². The summed E-state index contributed by atoms with van der Waals surface area (Å²) in [6.45, 7) is 10.6. The number of H-pyrrole nitrogens is 1. The molecule has 0 radical (unpaired) electrons. The van der Waals surface area contributed by atoms with Crippen LogP contribution in [0, 0.1) is 17.2 Å². The number of imidazole rings is 1. The van der Waals surface area contributed by atoms with Gasteiger partial charge in [0, 0.05) is 5.41 Å². The van der Waals surface area contributed by atoms with Crippen molar-refractivity contribution in [3.05, 3.63) is 29.6 Å². The van der Waals surface area contributed by atoms with Gasteiger partial charge in [0.15, 0.2) is 0 Å². The van der Waals surface area contributed by atoms with E-state index in [1.807, 2.05) is 12.1 Å². The standard InChI is InChI=1S/C16H21N3/c1-10(2)12(9-17)11-6-7-13-14(8-11)19-15(18-13)16(3,4)5/h6-8,10,12H,1-5H3,(H,18,19). The summed E-state index contributed by atoms with van der Waals surface area (Å²) in [6, 6.07) is 8.47. The maximum atomic E-state index is 9.28. The van der Waals surface area contributed by atoms with Crippen molar-refractivity contribution in [2.24, 2.45) is 5.92 Å². The molecule has 0 saturated carbocycles. The molecule has 0 aliphatic heterocycles. The van der Waals surface area contributed by atoms with Crippen molar-refractivity contribution in [2.45, 2.75) is 46.0 Å². The van der Waals surface area contributed by atoms with E-state index < -0.39 is 0 Å². The van der Waals surface area contributed by atoms with Gasteiger partial charge in [0.25, 0.3) is 0 Å². The Balaban J connectivity index is 2.50. The summed E-state index contributed by atoms with van der Waals surface area (Å²) < 4.78 is 0. The van der Waals surface area contributed by atoms with Gasteiger partial charge in [-0.25, -0.2) is 4.98 Å². The molecule has 0 bridgehead atoms. The van der Waals surface area contributed by atoms with Crippen molar-refractivity contribution < 1.29 is 0 Å². The third-order valence-electron chi connectivity index (χ3n) is 3.38. The fourth-order valence-electron chi connectivity index (χ4n) is 2.18. The second-order valence-corrected chi connectivity index (χ2v) is 6.46. The van der Waals surface area contributed by atoms with Gasteiger partial charge in [-0.2, -0.15) is 5.26 Å². The average molecular weight is 255 g/mol. The lowest BCUT2D eigenvalue weighted by Gasteiger charge is -2.13. The van der Waals surface area contributed by atoms with E-state index in [1.54, 1.807) is 0 Å². The number of fused-ring (bicyclic) bond motifs is 1. The molecule has 0 saturated heterocycles. The Morgan fingerprint density at radius 1 is 1.26 bits per heavy atom. The lowest BCUT2D eigenvalue weighted by atomic mass is 9.90. The summed E-state index contributed by atoms with van der Waals surface area (Å²) in [6.07, 6.45) is 0. The topological polar surface area (TPSA) is 52.5 Å². The molecule has 1 atom stereocenters. The largest absolute Gasteiger partial charge is 0.342 e. The van der Waals surface area contributed by atoms with Gasteiger partial charge in [0.1, 0.15) is 5.82 Å². The molecule has 3 nitrogen and oxygen atoms in total. The number of nitriles is 1. The van der Waals surface area contributed by atoms with Gasteiger partial charge in [-0.3, -0.25) is 0 Å². The highest BCUT2D eigenvalue weighted by molar-refractivity contribution is 5.76. The smallest absolute Gasteiger partial charge is 0.112 e. The quantitative estimate of drug-likeness (QED) is 0.877. The zero-order valence-electron chi connectivity index (χ0n) is 12.3. The number of hydrogen-bond acceptors (Lipinski definition) is 2. The Morgan fingerprint density at radius 3 is 2.47 bits per heavy atom. The first-order valence-corrected chi connectivity index (χ1v) is 6.72. The summed E-state index contributed by atoms with van der Waals surface area (Å²) >= 11 is 0. The van der Waals surface area contributed by atoms with E-state index in [0.29, 0.717) is 5.92 Å². The van der Waals surface area contributed by atoms with Crippen LogP contribution in [0.4, 0.5) is 0 Å². The highest BCUT2D eigenvalue weighted by atomic mass is 14.9. The van der Waals surface area contributed by atoms with Gasteiger partial charge in [-0.15, -0.1) is 0 Å². The van der Waals surface area contributed by atoms with Crippen LogP contribution in [-0.4, -0.2) is 9.97 Å². The average Bonchev–Trinajstić information content (AvgIpc) is 2.72. The van der Waals surface area contributed by atoms with Crippen molar-refractivity contribution in [2.75, 3.05) is 0 Å². The van der Waals surface area contributed by atoms with Crippen molar-refractivity contribution >= 4 is 11.0 Å². The Labute approximate surface area is 114 Å². The molecule has 0 amide bonds. The minimum Gasteiger partial charge on any atom is -0.342 e.